The number of likely N-dealkylation sites (tertiary alicyclic amines) is 1. The number of rotatable bonds is 3. The predicted octanol–water partition coefficient (Wildman–Crippen LogP) is 2.62. The lowest BCUT2D eigenvalue weighted by Gasteiger charge is -2.17. The lowest BCUT2D eigenvalue weighted by molar-refractivity contribution is -0.138. The number of anilines is 1. The summed E-state index contributed by atoms with van der Waals surface area (Å²) in [6, 6.07) is 7.40. The highest BCUT2D eigenvalue weighted by molar-refractivity contribution is 14.1. The average Bonchev–Trinajstić information content (AvgIpc) is 2.79. The topological polar surface area (TPSA) is 69.6 Å². The van der Waals surface area contributed by atoms with Gasteiger partial charge in [0.2, 0.25) is 0 Å². The van der Waals surface area contributed by atoms with E-state index in [1.807, 2.05) is 24.3 Å². The molecule has 19 heavy (non-hydrogen) atoms. The number of urea groups is 1. The summed E-state index contributed by atoms with van der Waals surface area (Å²) in [5, 5.41) is 11.6. The van der Waals surface area contributed by atoms with Crippen LogP contribution < -0.4 is 5.32 Å². The van der Waals surface area contributed by atoms with Gasteiger partial charge in [-0.15, -0.1) is 0 Å². The Hall–Kier alpha value is -1.31. The number of hydrogen-bond acceptors (Lipinski definition) is 2. The maximum atomic E-state index is 12.1. The van der Waals surface area contributed by atoms with Crippen LogP contribution in [0.5, 0.6) is 0 Å². The Kier molecular flexibility index (Phi) is 4.62. The van der Waals surface area contributed by atoms with Crippen molar-refractivity contribution < 1.29 is 14.7 Å². The second kappa shape index (κ2) is 6.23. The molecule has 6 heteroatoms. The zero-order valence-corrected chi connectivity index (χ0v) is 12.5. The largest absolute Gasteiger partial charge is 0.481 e. The number of hydrogen-bond donors (Lipinski definition) is 2. The Morgan fingerprint density at radius 2 is 2.16 bits per heavy atom. The molecule has 1 unspecified atom stereocenters. The molecule has 2 rings (SSSR count). The van der Waals surface area contributed by atoms with Crippen LogP contribution in [0.4, 0.5) is 10.5 Å². The third kappa shape index (κ3) is 3.82. The third-order valence-electron chi connectivity index (χ3n) is 3.15. The number of aliphatic carboxylic acids is 1. The average molecular weight is 374 g/mol. The van der Waals surface area contributed by atoms with E-state index in [9.17, 15) is 9.59 Å². The quantitative estimate of drug-likeness (QED) is 0.800. The standard InChI is InChI=1S/C13H15IN2O3/c14-10-3-1-2-4-11(10)15-13(19)16-6-5-9(8-16)7-12(17)18/h1-4,9H,5-8H2,(H,15,19)(H,17,18). The third-order valence-corrected chi connectivity index (χ3v) is 4.09. The SMILES string of the molecule is O=C(O)CC1CCN(C(=O)Nc2ccccc2I)C1. The molecule has 0 radical (unpaired) electrons. The lowest BCUT2D eigenvalue weighted by atomic mass is 10.1. The van der Waals surface area contributed by atoms with Crippen molar-refractivity contribution in [3.8, 4) is 0 Å². The molecule has 1 aromatic carbocycles. The molecule has 1 heterocycles. The van der Waals surface area contributed by atoms with Gasteiger partial charge in [0.1, 0.15) is 0 Å². The zero-order chi connectivity index (χ0) is 13.8. The van der Waals surface area contributed by atoms with Gasteiger partial charge in [-0.05, 0) is 47.1 Å². The van der Waals surface area contributed by atoms with Gasteiger partial charge >= 0.3 is 12.0 Å². The number of para-hydroxylation sites is 1. The molecule has 5 nitrogen and oxygen atoms in total. The summed E-state index contributed by atoms with van der Waals surface area (Å²) in [5.41, 5.74) is 0.787. The monoisotopic (exact) mass is 374 g/mol. The number of carbonyl (C=O) groups is 2. The van der Waals surface area contributed by atoms with Crippen LogP contribution in [0.2, 0.25) is 0 Å². The molecule has 1 aliphatic rings. The van der Waals surface area contributed by atoms with Crippen LogP contribution in [0.3, 0.4) is 0 Å². The van der Waals surface area contributed by atoms with Gasteiger partial charge in [-0.2, -0.15) is 0 Å². The highest BCUT2D eigenvalue weighted by Crippen LogP contribution is 2.22. The molecule has 0 bridgehead atoms. The van der Waals surface area contributed by atoms with E-state index in [4.69, 9.17) is 5.11 Å². The van der Waals surface area contributed by atoms with Gasteiger partial charge in [0.05, 0.1) is 5.69 Å². The van der Waals surface area contributed by atoms with E-state index < -0.39 is 5.97 Å². The minimum Gasteiger partial charge on any atom is -0.481 e. The summed E-state index contributed by atoms with van der Waals surface area (Å²) >= 11 is 2.17. The van der Waals surface area contributed by atoms with Crippen LogP contribution in [0.25, 0.3) is 0 Å². The first-order valence-electron chi connectivity index (χ1n) is 6.08. The summed E-state index contributed by atoms with van der Waals surface area (Å²) in [5.74, 6) is -0.733. The van der Waals surface area contributed by atoms with Crippen LogP contribution in [0.1, 0.15) is 12.8 Å². The van der Waals surface area contributed by atoms with Crippen LogP contribution >= 0.6 is 22.6 Å². The van der Waals surface area contributed by atoms with Crippen LogP contribution in [0.15, 0.2) is 24.3 Å². The molecule has 2 amide bonds. The first kappa shape index (κ1) is 14.1. The second-order valence-electron chi connectivity index (χ2n) is 4.61. The molecule has 1 atom stereocenters. The summed E-state index contributed by atoms with van der Waals surface area (Å²) in [6.07, 6.45) is 0.887. The Morgan fingerprint density at radius 3 is 2.84 bits per heavy atom. The van der Waals surface area contributed by atoms with Gasteiger partial charge in [0.15, 0.2) is 0 Å². The van der Waals surface area contributed by atoms with Gasteiger partial charge in [-0.3, -0.25) is 4.79 Å². The van der Waals surface area contributed by atoms with Crippen molar-refractivity contribution in [3.05, 3.63) is 27.8 Å². The first-order chi connectivity index (χ1) is 9.06. The lowest BCUT2D eigenvalue weighted by Crippen LogP contribution is -2.33. The number of carboxylic acids is 1. The molecular formula is C13H15IN2O3. The Balaban J connectivity index is 1.91. The second-order valence-corrected chi connectivity index (χ2v) is 5.77. The zero-order valence-electron chi connectivity index (χ0n) is 10.3. The van der Waals surface area contributed by atoms with Gasteiger partial charge in [-0.25, -0.2) is 4.79 Å². The van der Waals surface area contributed by atoms with E-state index in [1.165, 1.54) is 0 Å². The number of halogens is 1. The number of amides is 2. The summed E-state index contributed by atoms with van der Waals surface area (Å²) < 4.78 is 0.981. The fourth-order valence-electron chi connectivity index (χ4n) is 2.19. The van der Waals surface area contributed by atoms with Gasteiger partial charge < -0.3 is 15.3 Å². The van der Waals surface area contributed by atoms with Crippen molar-refractivity contribution in [2.24, 2.45) is 5.92 Å². The molecule has 1 aromatic rings. The number of nitrogens with zero attached hydrogens (tertiary/aromatic N) is 1. The van der Waals surface area contributed by atoms with Gasteiger partial charge in [0, 0.05) is 23.1 Å². The van der Waals surface area contributed by atoms with E-state index in [0.29, 0.717) is 13.1 Å². The van der Waals surface area contributed by atoms with Crippen molar-refractivity contribution in [3.63, 3.8) is 0 Å². The molecule has 0 saturated carbocycles. The summed E-state index contributed by atoms with van der Waals surface area (Å²) in [7, 11) is 0. The summed E-state index contributed by atoms with van der Waals surface area (Å²) in [4.78, 5) is 24.4. The number of benzene rings is 1. The van der Waals surface area contributed by atoms with Gasteiger partial charge in [-0.1, -0.05) is 12.1 Å². The van der Waals surface area contributed by atoms with E-state index in [0.717, 1.165) is 15.7 Å². The Morgan fingerprint density at radius 1 is 1.42 bits per heavy atom. The van der Waals surface area contributed by atoms with Crippen molar-refractivity contribution >= 4 is 40.3 Å². The molecule has 102 valence electrons. The predicted molar refractivity (Wildman–Crippen MR) is 80.1 cm³/mol. The van der Waals surface area contributed by atoms with Crippen molar-refractivity contribution in [2.45, 2.75) is 12.8 Å². The van der Waals surface area contributed by atoms with Crippen LogP contribution in [-0.2, 0) is 4.79 Å². The number of carbonyl (C=O) groups excluding carboxylic acids is 1. The van der Waals surface area contributed by atoms with Crippen LogP contribution in [0, 0.1) is 9.49 Å². The normalized spacial score (nSPS) is 18.4. The van der Waals surface area contributed by atoms with Gasteiger partial charge in [0.25, 0.3) is 0 Å². The minimum atomic E-state index is -0.801. The molecule has 0 spiro atoms. The fraction of sp³-hybridized carbons (Fsp3) is 0.385. The molecule has 0 aromatic heterocycles. The number of nitrogens with one attached hydrogen (secondary N) is 1. The first-order valence-corrected chi connectivity index (χ1v) is 7.16. The van der Waals surface area contributed by atoms with Crippen molar-refractivity contribution in [2.75, 3.05) is 18.4 Å². The van der Waals surface area contributed by atoms with E-state index in [1.54, 1.807) is 4.90 Å². The number of carboxylic acid groups (broad SMARTS) is 1. The van der Waals surface area contributed by atoms with E-state index >= 15 is 0 Å². The van der Waals surface area contributed by atoms with E-state index in [2.05, 4.69) is 27.9 Å². The maximum Gasteiger partial charge on any atom is 0.321 e. The molecular weight excluding hydrogens is 359 g/mol. The molecule has 1 fully saturated rings. The smallest absolute Gasteiger partial charge is 0.321 e. The molecule has 1 saturated heterocycles. The Bertz CT molecular complexity index is 493. The molecule has 2 N–H and O–H groups in total. The summed E-state index contributed by atoms with van der Waals surface area (Å²) in [6.45, 7) is 1.13. The fourth-order valence-corrected chi connectivity index (χ4v) is 2.71. The molecule has 1 aliphatic heterocycles. The minimum absolute atomic E-state index is 0.0677. The highest BCUT2D eigenvalue weighted by atomic mass is 127. The van der Waals surface area contributed by atoms with Crippen molar-refractivity contribution in [1.29, 1.82) is 0 Å². The Labute approximate surface area is 125 Å². The molecule has 0 aliphatic carbocycles. The van der Waals surface area contributed by atoms with E-state index in [-0.39, 0.29) is 18.4 Å². The highest BCUT2D eigenvalue weighted by Gasteiger charge is 2.27. The van der Waals surface area contributed by atoms with Crippen LogP contribution in [-0.4, -0.2) is 35.1 Å². The maximum absolute atomic E-state index is 12.1. The van der Waals surface area contributed by atoms with Crippen molar-refractivity contribution in [1.82, 2.24) is 4.90 Å².